The van der Waals surface area contributed by atoms with Crippen molar-refractivity contribution in [3.63, 3.8) is 0 Å². The highest BCUT2D eigenvalue weighted by molar-refractivity contribution is 7.81. The molecule has 0 spiro atoms. The van der Waals surface area contributed by atoms with Crippen molar-refractivity contribution in [3.05, 3.63) is 12.2 Å². The number of nitrogens with zero attached hydrogens (tertiary/aromatic N) is 1. The van der Waals surface area contributed by atoms with Gasteiger partial charge in [-0.2, -0.15) is 12.6 Å². The van der Waals surface area contributed by atoms with E-state index in [1.165, 1.54) is 12.8 Å². The van der Waals surface area contributed by atoms with Crippen LogP contribution in [0.25, 0.3) is 0 Å². The van der Waals surface area contributed by atoms with Crippen molar-refractivity contribution in [1.29, 1.82) is 0 Å². The molecule has 1 saturated heterocycles. The number of hydrogen-bond donors (Lipinski definition) is 1. The van der Waals surface area contributed by atoms with Gasteiger partial charge in [-0.25, -0.2) is 0 Å². The van der Waals surface area contributed by atoms with Crippen molar-refractivity contribution < 1.29 is 4.79 Å². The standard InChI is InChI=1S/C12H17NOS/c14-12-5-11(15)7-13(12)6-10-4-8-1-2-9(10)3-8/h1-2,8-11,15H,3-7H2. The second-order valence-electron chi connectivity index (χ2n) is 5.20. The van der Waals surface area contributed by atoms with Crippen molar-refractivity contribution in [3.8, 4) is 0 Å². The molecule has 1 saturated carbocycles. The third-order valence-corrected chi connectivity index (χ3v) is 4.41. The Morgan fingerprint density at radius 2 is 2.27 bits per heavy atom. The summed E-state index contributed by atoms with van der Waals surface area (Å²) >= 11 is 4.39. The van der Waals surface area contributed by atoms with E-state index in [9.17, 15) is 4.79 Å². The van der Waals surface area contributed by atoms with Gasteiger partial charge in [-0.3, -0.25) is 4.79 Å². The molecular formula is C12H17NOS. The van der Waals surface area contributed by atoms with Crippen molar-refractivity contribution in [2.24, 2.45) is 17.8 Å². The Kier molecular flexibility index (Phi) is 2.31. The highest BCUT2D eigenvalue weighted by Gasteiger charge is 2.38. The van der Waals surface area contributed by atoms with Crippen LogP contribution < -0.4 is 0 Å². The Bertz CT molecular complexity index is 315. The first kappa shape index (κ1) is 9.76. The molecule has 4 atom stereocenters. The van der Waals surface area contributed by atoms with Gasteiger partial charge in [-0.1, -0.05) is 12.2 Å². The zero-order valence-corrected chi connectivity index (χ0v) is 9.70. The zero-order chi connectivity index (χ0) is 10.4. The van der Waals surface area contributed by atoms with Gasteiger partial charge in [0.2, 0.25) is 5.91 Å². The molecule has 0 aromatic heterocycles. The molecule has 3 rings (SSSR count). The quantitative estimate of drug-likeness (QED) is 0.558. The van der Waals surface area contributed by atoms with Crippen molar-refractivity contribution in [1.82, 2.24) is 4.90 Å². The van der Waals surface area contributed by atoms with Gasteiger partial charge in [0.15, 0.2) is 0 Å². The minimum Gasteiger partial charge on any atom is -0.341 e. The summed E-state index contributed by atoms with van der Waals surface area (Å²) in [6, 6.07) is 0. The second kappa shape index (κ2) is 3.55. The van der Waals surface area contributed by atoms with Gasteiger partial charge < -0.3 is 4.90 Å². The van der Waals surface area contributed by atoms with Gasteiger partial charge in [-0.05, 0) is 30.6 Å². The Morgan fingerprint density at radius 3 is 2.80 bits per heavy atom. The Morgan fingerprint density at radius 1 is 1.40 bits per heavy atom. The first-order chi connectivity index (χ1) is 7.22. The molecule has 1 amide bonds. The summed E-state index contributed by atoms with van der Waals surface area (Å²) in [6.07, 6.45) is 7.98. The van der Waals surface area contributed by atoms with E-state index in [2.05, 4.69) is 24.8 Å². The highest BCUT2D eigenvalue weighted by Crippen LogP contribution is 2.43. The lowest BCUT2D eigenvalue weighted by atomic mass is 9.93. The molecule has 1 heterocycles. The number of amides is 1. The van der Waals surface area contributed by atoms with E-state index < -0.39 is 0 Å². The number of carbonyl (C=O) groups excluding carboxylic acids is 1. The van der Waals surface area contributed by atoms with Crippen LogP contribution in [-0.2, 0) is 4.79 Å². The number of hydrogen-bond acceptors (Lipinski definition) is 2. The lowest BCUT2D eigenvalue weighted by Crippen LogP contribution is -2.32. The van der Waals surface area contributed by atoms with Crippen molar-refractivity contribution in [2.45, 2.75) is 24.5 Å². The summed E-state index contributed by atoms with van der Waals surface area (Å²) in [5.41, 5.74) is 0. The number of thiol groups is 1. The fraction of sp³-hybridized carbons (Fsp3) is 0.750. The Labute approximate surface area is 96.1 Å². The summed E-state index contributed by atoms with van der Waals surface area (Å²) < 4.78 is 0. The number of rotatable bonds is 2. The van der Waals surface area contributed by atoms with Gasteiger partial charge in [-0.15, -0.1) is 0 Å². The third-order valence-electron chi connectivity index (χ3n) is 4.07. The van der Waals surface area contributed by atoms with E-state index in [0.29, 0.717) is 12.3 Å². The highest BCUT2D eigenvalue weighted by atomic mass is 32.1. The minimum absolute atomic E-state index is 0.270. The maximum Gasteiger partial charge on any atom is 0.223 e. The van der Waals surface area contributed by atoms with Gasteiger partial charge in [0.25, 0.3) is 0 Å². The van der Waals surface area contributed by atoms with E-state index in [1.54, 1.807) is 0 Å². The molecule has 2 bridgehead atoms. The monoisotopic (exact) mass is 223 g/mol. The molecule has 2 aliphatic carbocycles. The van der Waals surface area contributed by atoms with E-state index in [1.807, 2.05) is 4.90 Å². The Balaban J connectivity index is 1.62. The number of fused-ring (bicyclic) bond motifs is 2. The molecule has 0 N–H and O–H groups in total. The fourth-order valence-corrected chi connectivity index (χ4v) is 3.67. The third kappa shape index (κ3) is 1.71. The lowest BCUT2D eigenvalue weighted by molar-refractivity contribution is -0.128. The largest absolute Gasteiger partial charge is 0.341 e. The van der Waals surface area contributed by atoms with Gasteiger partial charge in [0.1, 0.15) is 0 Å². The molecule has 4 unspecified atom stereocenters. The molecule has 0 aromatic rings. The van der Waals surface area contributed by atoms with Crippen molar-refractivity contribution >= 4 is 18.5 Å². The number of allylic oxidation sites excluding steroid dienone is 2. The molecule has 2 fully saturated rings. The lowest BCUT2D eigenvalue weighted by Gasteiger charge is -2.24. The van der Waals surface area contributed by atoms with E-state index in [0.717, 1.165) is 30.8 Å². The summed E-state index contributed by atoms with van der Waals surface area (Å²) in [7, 11) is 0. The topological polar surface area (TPSA) is 20.3 Å². The van der Waals surface area contributed by atoms with Gasteiger partial charge >= 0.3 is 0 Å². The number of carbonyl (C=O) groups is 1. The Hall–Kier alpha value is -0.440. The summed E-state index contributed by atoms with van der Waals surface area (Å²) in [4.78, 5) is 13.7. The average Bonchev–Trinajstić information content (AvgIpc) is 2.83. The van der Waals surface area contributed by atoms with E-state index in [-0.39, 0.29) is 5.25 Å². The minimum atomic E-state index is 0.270. The van der Waals surface area contributed by atoms with Crippen LogP contribution in [0.1, 0.15) is 19.3 Å². The molecular weight excluding hydrogens is 206 g/mol. The fourth-order valence-electron chi connectivity index (χ4n) is 3.32. The molecule has 15 heavy (non-hydrogen) atoms. The maximum absolute atomic E-state index is 11.6. The summed E-state index contributed by atoms with van der Waals surface area (Å²) in [5.74, 6) is 2.59. The molecule has 3 aliphatic rings. The van der Waals surface area contributed by atoms with E-state index in [4.69, 9.17) is 0 Å². The second-order valence-corrected chi connectivity index (χ2v) is 5.93. The normalized spacial score (nSPS) is 43.3. The van der Waals surface area contributed by atoms with Crippen LogP contribution in [0.3, 0.4) is 0 Å². The van der Waals surface area contributed by atoms with Crippen molar-refractivity contribution in [2.75, 3.05) is 13.1 Å². The SMILES string of the molecule is O=C1CC(S)CN1CC1CC2C=CC1C2. The molecule has 0 aromatic carbocycles. The summed E-state index contributed by atoms with van der Waals surface area (Å²) in [6.45, 7) is 1.83. The van der Waals surface area contributed by atoms with Crippen LogP contribution in [0.15, 0.2) is 12.2 Å². The average molecular weight is 223 g/mol. The van der Waals surface area contributed by atoms with Crippen LogP contribution in [0.5, 0.6) is 0 Å². The maximum atomic E-state index is 11.6. The summed E-state index contributed by atoms with van der Waals surface area (Å²) in [5, 5.41) is 0.270. The van der Waals surface area contributed by atoms with E-state index >= 15 is 0 Å². The van der Waals surface area contributed by atoms with Crippen LogP contribution >= 0.6 is 12.6 Å². The predicted molar refractivity (Wildman–Crippen MR) is 62.8 cm³/mol. The van der Waals surface area contributed by atoms with Crippen LogP contribution in [0.4, 0.5) is 0 Å². The van der Waals surface area contributed by atoms with Gasteiger partial charge in [0.05, 0.1) is 0 Å². The zero-order valence-electron chi connectivity index (χ0n) is 8.80. The number of likely N-dealkylation sites (tertiary alicyclic amines) is 1. The molecule has 82 valence electrons. The first-order valence-corrected chi connectivity index (χ1v) is 6.38. The molecule has 1 aliphatic heterocycles. The van der Waals surface area contributed by atoms with Gasteiger partial charge in [0, 0.05) is 24.8 Å². The molecule has 3 heteroatoms. The van der Waals surface area contributed by atoms with Crippen LogP contribution in [0, 0.1) is 17.8 Å². The van der Waals surface area contributed by atoms with Crippen LogP contribution in [0.2, 0.25) is 0 Å². The molecule has 2 nitrogen and oxygen atoms in total. The van der Waals surface area contributed by atoms with Crippen LogP contribution in [-0.4, -0.2) is 29.1 Å². The molecule has 0 radical (unpaired) electrons. The smallest absolute Gasteiger partial charge is 0.223 e. The predicted octanol–water partition coefficient (Wildman–Crippen LogP) is 1.73. The first-order valence-electron chi connectivity index (χ1n) is 5.86.